The number of hydrogen-bond acceptors (Lipinski definition) is 5. The number of likely N-dealkylation sites (tertiary alicyclic amines) is 1. The van der Waals surface area contributed by atoms with E-state index in [1.807, 2.05) is 7.05 Å². The highest BCUT2D eigenvalue weighted by atomic mass is 32.2. The Kier molecular flexibility index (Phi) is 4.62. The second kappa shape index (κ2) is 6.07. The van der Waals surface area contributed by atoms with Crippen LogP contribution in [0.1, 0.15) is 12.8 Å². The predicted octanol–water partition coefficient (Wildman–Crippen LogP) is 0.838. The molecule has 20 heavy (non-hydrogen) atoms. The van der Waals surface area contributed by atoms with E-state index < -0.39 is 10.0 Å². The molecular formula is C13H22N4O2S. The third-order valence-corrected chi connectivity index (χ3v) is 5.65. The number of nitrogens with zero attached hydrogens (tertiary/aromatic N) is 3. The lowest BCUT2D eigenvalue weighted by atomic mass is 10.2. The van der Waals surface area contributed by atoms with Gasteiger partial charge in [-0.1, -0.05) is 0 Å². The van der Waals surface area contributed by atoms with E-state index in [9.17, 15) is 8.42 Å². The molecule has 0 saturated carbocycles. The molecule has 1 aliphatic rings. The first-order valence-corrected chi connectivity index (χ1v) is 8.19. The van der Waals surface area contributed by atoms with Gasteiger partial charge in [-0.05, 0) is 32.5 Å². The number of sulfonamides is 1. The van der Waals surface area contributed by atoms with Crippen molar-refractivity contribution in [3.05, 3.63) is 18.3 Å². The Labute approximate surface area is 120 Å². The molecule has 2 heterocycles. The van der Waals surface area contributed by atoms with Gasteiger partial charge in [0, 0.05) is 38.9 Å². The standard InChI is InChI=1S/C13H22N4O2S/c1-14-13-9-12(6-7-15-13)20(18,19)17(3)10-11-5-4-8-16(11)2/h6-7,9,11H,4-5,8,10H2,1-3H3,(H,14,15). The van der Waals surface area contributed by atoms with Crippen molar-refractivity contribution in [2.75, 3.05) is 39.5 Å². The minimum atomic E-state index is -3.46. The lowest BCUT2D eigenvalue weighted by molar-refractivity contribution is 0.271. The molecule has 0 radical (unpaired) electrons. The topological polar surface area (TPSA) is 65.5 Å². The van der Waals surface area contributed by atoms with Crippen LogP contribution in [0.4, 0.5) is 5.82 Å². The third kappa shape index (κ3) is 3.11. The van der Waals surface area contributed by atoms with Gasteiger partial charge >= 0.3 is 0 Å². The summed E-state index contributed by atoms with van der Waals surface area (Å²) in [5.74, 6) is 0.553. The first kappa shape index (κ1) is 15.2. The van der Waals surface area contributed by atoms with Crippen molar-refractivity contribution in [3.8, 4) is 0 Å². The average Bonchev–Trinajstić information content (AvgIpc) is 2.84. The molecule has 1 aromatic heterocycles. The molecule has 1 aromatic rings. The maximum absolute atomic E-state index is 12.5. The van der Waals surface area contributed by atoms with Gasteiger partial charge < -0.3 is 10.2 Å². The minimum absolute atomic E-state index is 0.278. The molecule has 1 unspecified atom stereocenters. The molecule has 0 bridgehead atoms. The van der Waals surface area contributed by atoms with Crippen molar-refractivity contribution in [2.45, 2.75) is 23.8 Å². The van der Waals surface area contributed by atoms with Gasteiger partial charge in [-0.15, -0.1) is 0 Å². The Morgan fingerprint density at radius 2 is 2.30 bits per heavy atom. The number of anilines is 1. The zero-order valence-electron chi connectivity index (χ0n) is 12.2. The number of pyridine rings is 1. The second-order valence-electron chi connectivity index (χ2n) is 5.19. The SMILES string of the molecule is CNc1cc(S(=O)(=O)N(C)CC2CCCN2C)ccn1. The van der Waals surface area contributed by atoms with E-state index >= 15 is 0 Å². The molecule has 0 spiro atoms. The van der Waals surface area contributed by atoms with E-state index in [-0.39, 0.29) is 4.90 Å². The second-order valence-corrected chi connectivity index (χ2v) is 7.23. The van der Waals surface area contributed by atoms with Crippen molar-refractivity contribution in [2.24, 2.45) is 0 Å². The summed E-state index contributed by atoms with van der Waals surface area (Å²) in [6, 6.07) is 3.40. The van der Waals surface area contributed by atoms with Crippen LogP contribution in [0, 0.1) is 0 Å². The third-order valence-electron chi connectivity index (χ3n) is 3.84. The van der Waals surface area contributed by atoms with Gasteiger partial charge in [0.2, 0.25) is 10.0 Å². The van der Waals surface area contributed by atoms with Gasteiger partial charge in [-0.25, -0.2) is 13.4 Å². The van der Waals surface area contributed by atoms with Crippen molar-refractivity contribution in [1.29, 1.82) is 0 Å². The van der Waals surface area contributed by atoms with E-state index in [2.05, 4.69) is 15.2 Å². The van der Waals surface area contributed by atoms with Crippen molar-refractivity contribution in [3.63, 3.8) is 0 Å². The van der Waals surface area contributed by atoms with Crippen LogP contribution in [0.2, 0.25) is 0 Å². The number of aromatic nitrogens is 1. The summed E-state index contributed by atoms with van der Waals surface area (Å²) >= 11 is 0. The number of nitrogens with one attached hydrogen (secondary N) is 1. The van der Waals surface area contributed by atoms with Crippen LogP contribution in [0.15, 0.2) is 23.2 Å². The van der Waals surface area contributed by atoms with Crippen LogP contribution in [-0.4, -0.2) is 62.9 Å². The van der Waals surface area contributed by atoms with Crippen LogP contribution in [0.5, 0.6) is 0 Å². The number of likely N-dealkylation sites (N-methyl/N-ethyl adjacent to an activating group) is 2. The van der Waals surface area contributed by atoms with Gasteiger partial charge in [0.05, 0.1) is 4.90 Å². The highest BCUT2D eigenvalue weighted by Crippen LogP contribution is 2.20. The summed E-state index contributed by atoms with van der Waals surface area (Å²) in [7, 11) is 1.95. The highest BCUT2D eigenvalue weighted by molar-refractivity contribution is 7.89. The van der Waals surface area contributed by atoms with Gasteiger partial charge in [0.25, 0.3) is 0 Å². The summed E-state index contributed by atoms with van der Waals surface area (Å²) in [5.41, 5.74) is 0. The van der Waals surface area contributed by atoms with E-state index in [0.29, 0.717) is 18.4 Å². The zero-order chi connectivity index (χ0) is 14.8. The molecule has 7 heteroatoms. The number of hydrogen-bond donors (Lipinski definition) is 1. The van der Waals surface area contributed by atoms with E-state index in [4.69, 9.17) is 0 Å². The summed E-state index contributed by atoms with van der Waals surface area (Å²) in [6.07, 6.45) is 3.69. The molecule has 1 aliphatic heterocycles. The molecule has 1 fully saturated rings. The fraction of sp³-hybridized carbons (Fsp3) is 0.615. The molecule has 1 N–H and O–H groups in total. The van der Waals surface area contributed by atoms with Crippen LogP contribution in [-0.2, 0) is 10.0 Å². The average molecular weight is 298 g/mol. The Bertz CT molecular complexity index is 561. The number of rotatable bonds is 5. The van der Waals surface area contributed by atoms with Gasteiger partial charge in [-0.2, -0.15) is 4.31 Å². The highest BCUT2D eigenvalue weighted by Gasteiger charge is 2.28. The Morgan fingerprint density at radius 3 is 2.90 bits per heavy atom. The molecule has 0 aromatic carbocycles. The van der Waals surface area contributed by atoms with Crippen molar-refractivity contribution in [1.82, 2.24) is 14.2 Å². The lowest BCUT2D eigenvalue weighted by Crippen LogP contribution is -2.39. The molecule has 0 aliphatic carbocycles. The van der Waals surface area contributed by atoms with Gasteiger partial charge in [-0.3, -0.25) is 0 Å². The smallest absolute Gasteiger partial charge is 0.243 e. The van der Waals surface area contributed by atoms with Crippen LogP contribution in [0.3, 0.4) is 0 Å². The van der Waals surface area contributed by atoms with Crippen LogP contribution >= 0.6 is 0 Å². The molecule has 1 atom stereocenters. The predicted molar refractivity (Wildman–Crippen MR) is 79.3 cm³/mol. The summed E-state index contributed by atoms with van der Waals surface area (Å²) in [6.45, 7) is 1.56. The zero-order valence-corrected chi connectivity index (χ0v) is 13.0. The maximum atomic E-state index is 12.5. The quantitative estimate of drug-likeness (QED) is 0.872. The monoisotopic (exact) mass is 298 g/mol. The normalized spacial score (nSPS) is 20.5. The molecular weight excluding hydrogens is 276 g/mol. The first-order valence-electron chi connectivity index (χ1n) is 6.75. The summed E-state index contributed by atoms with van der Waals surface area (Å²) < 4.78 is 26.5. The lowest BCUT2D eigenvalue weighted by Gasteiger charge is -2.25. The van der Waals surface area contributed by atoms with Gasteiger partial charge in [0.15, 0.2) is 0 Å². The summed E-state index contributed by atoms with van der Waals surface area (Å²) in [4.78, 5) is 6.54. The largest absolute Gasteiger partial charge is 0.373 e. The summed E-state index contributed by atoms with van der Waals surface area (Å²) in [5, 5.41) is 2.86. The van der Waals surface area contributed by atoms with Crippen molar-refractivity contribution < 1.29 is 8.42 Å². The van der Waals surface area contributed by atoms with Crippen LogP contribution in [0.25, 0.3) is 0 Å². The van der Waals surface area contributed by atoms with Crippen LogP contribution < -0.4 is 5.32 Å². The van der Waals surface area contributed by atoms with E-state index in [0.717, 1.165) is 19.4 Å². The molecule has 112 valence electrons. The van der Waals surface area contributed by atoms with E-state index in [1.54, 1.807) is 20.2 Å². The Balaban J connectivity index is 2.16. The molecule has 0 amide bonds. The Hall–Kier alpha value is -1.18. The molecule has 6 nitrogen and oxygen atoms in total. The van der Waals surface area contributed by atoms with Gasteiger partial charge in [0.1, 0.15) is 5.82 Å². The first-order chi connectivity index (χ1) is 9.45. The van der Waals surface area contributed by atoms with E-state index in [1.165, 1.54) is 16.6 Å². The fourth-order valence-corrected chi connectivity index (χ4v) is 3.71. The van der Waals surface area contributed by atoms with Crippen molar-refractivity contribution >= 4 is 15.8 Å². The minimum Gasteiger partial charge on any atom is -0.373 e. The maximum Gasteiger partial charge on any atom is 0.243 e. The Morgan fingerprint density at radius 1 is 1.55 bits per heavy atom. The molecule has 1 saturated heterocycles. The molecule has 2 rings (SSSR count). The fourth-order valence-electron chi connectivity index (χ4n) is 2.49.